The Morgan fingerprint density at radius 1 is 1.05 bits per heavy atom. The third kappa shape index (κ3) is 2.90. The fourth-order valence-corrected chi connectivity index (χ4v) is 2.31. The second kappa shape index (κ2) is 5.81. The molecule has 21 heavy (non-hydrogen) atoms. The predicted octanol–water partition coefficient (Wildman–Crippen LogP) is 3.93. The molecule has 3 nitrogen and oxygen atoms in total. The van der Waals surface area contributed by atoms with Crippen LogP contribution in [0.2, 0.25) is 0 Å². The summed E-state index contributed by atoms with van der Waals surface area (Å²) in [5, 5.41) is 5.87. The van der Waals surface area contributed by atoms with Gasteiger partial charge in [-0.05, 0) is 36.4 Å². The number of benzene rings is 2. The summed E-state index contributed by atoms with van der Waals surface area (Å²) in [6.45, 7) is 0.823. The van der Waals surface area contributed by atoms with Crippen molar-refractivity contribution >= 4 is 27.5 Å². The summed E-state index contributed by atoms with van der Waals surface area (Å²) in [6, 6.07) is 11.2. The van der Waals surface area contributed by atoms with Crippen molar-refractivity contribution in [3.63, 3.8) is 0 Å². The summed E-state index contributed by atoms with van der Waals surface area (Å²) >= 11 is 3.36. The largest absolute Gasteiger partial charge is 0.474 e. The quantitative estimate of drug-likeness (QED) is 0.818. The minimum Gasteiger partial charge on any atom is -0.474 e. The maximum atomic E-state index is 13.8. The van der Waals surface area contributed by atoms with Gasteiger partial charge in [-0.25, -0.2) is 8.78 Å². The van der Waals surface area contributed by atoms with Crippen molar-refractivity contribution in [2.45, 2.75) is 0 Å². The van der Waals surface area contributed by atoms with E-state index >= 15 is 0 Å². The lowest BCUT2D eigenvalue weighted by Crippen LogP contribution is -2.32. The van der Waals surface area contributed by atoms with Gasteiger partial charge in [0.1, 0.15) is 23.8 Å². The van der Waals surface area contributed by atoms with Gasteiger partial charge < -0.3 is 4.74 Å². The van der Waals surface area contributed by atoms with Crippen LogP contribution in [0.15, 0.2) is 52.0 Å². The fraction of sp³-hybridized carbons (Fsp3) is 0.133. The number of ether oxygens (including phenoxy) is 1. The van der Waals surface area contributed by atoms with Crippen molar-refractivity contribution in [3.8, 4) is 0 Å². The molecule has 3 rings (SSSR count). The molecule has 1 heterocycles. The summed E-state index contributed by atoms with van der Waals surface area (Å²) in [6.07, 6.45) is 0. The van der Waals surface area contributed by atoms with Gasteiger partial charge in [0.15, 0.2) is 0 Å². The molecule has 1 aliphatic heterocycles. The molecule has 0 amide bonds. The van der Waals surface area contributed by atoms with Crippen LogP contribution in [-0.2, 0) is 4.74 Å². The van der Waals surface area contributed by atoms with Crippen LogP contribution in [0.4, 0.5) is 14.5 Å². The molecule has 0 saturated carbocycles. The number of rotatable bonds is 2. The van der Waals surface area contributed by atoms with E-state index in [0.717, 1.165) is 10.2 Å². The van der Waals surface area contributed by atoms with Crippen LogP contribution >= 0.6 is 15.9 Å². The monoisotopic (exact) mass is 352 g/mol. The first kappa shape index (κ1) is 14.0. The summed E-state index contributed by atoms with van der Waals surface area (Å²) < 4.78 is 33.9. The number of hydrogen-bond donors (Lipinski definition) is 0. The first-order chi connectivity index (χ1) is 10.1. The summed E-state index contributed by atoms with van der Waals surface area (Å²) in [7, 11) is 0. The van der Waals surface area contributed by atoms with E-state index < -0.39 is 11.6 Å². The van der Waals surface area contributed by atoms with Crippen molar-refractivity contribution < 1.29 is 13.5 Å². The molecule has 0 unspecified atom stereocenters. The molecule has 1 aliphatic rings. The molecule has 2 aromatic carbocycles. The third-order valence-corrected chi connectivity index (χ3v) is 3.58. The number of halogens is 3. The van der Waals surface area contributed by atoms with Gasteiger partial charge in [-0.3, -0.25) is 5.01 Å². The maximum absolute atomic E-state index is 13.8. The van der Waals surface area contributed by atoms with E-state index in [1.54, 1.807) is 5.01 Å². The lowest BCUT2D eigenvalue weighted by atomic mass is 10.2. The molecule has 0 aliphatic carbocycles. The molecule has 2 aromatic rings. The number of anilines is 1. The molecule has 6 heteroatoms. The number of hydrogen-bond acceptors (Lipinski definition) is 3. The van der Waals surface area contributed by atoms with E-state index in [1.165, 1.54) is 18.2 Å². The van der Waals surface area contributed by atoms with E-state index in [9.17, 15) is 8.78 Å². The molecular weight excluding hydrogens is 342 g/mol. The molecular formula is C15H11BrF2N2O. The number of hydrazone groups is 1. The van der Waals surface area contributed by atoms with Gasteiger partial charge in [0.25, 0.3) is 0 Å². The number of nitrogens with zero attached hydrogens (tertiary/aromatic N) is 2. The zero-order chi connectivity index (χ0) is 14.8. The van der Waals surface area contributed by atoms with Gasteiger partial charge in [0, 0.05) is 4.47 Å². The molecule has 0 fully saturated rings. The van der Waals surface area contributed by atoms with Gasteiger partial charge in [-0.1, -0.05) is 22.0 Å². The lowest BCUT2D eigenvalue weighted by Gasteiger charge is -2.25. The lowest BCUT2D eigenvalue weighted by molar-refractivity contribution is 0.291. The Labute approximate surface area is 129 Å². The van der Waals surface area contributed by atoms with E-state index in [4.69, 9.17) is 4.74 Å². The standard InChI is InChI=1S/C15H11BrF2N2O/c16-10-4-6-11(7-5-10)20-8-9-21-15(19-20)14-12(17)2-1-3-13(14)18/h1-7H,8-9H2. The van der Waals surface area contributed by atoms with Gasteiger partial charge in [-0.2, -0.15) is 0 Å². The highest BCUT2D eigenvalue weighted by atomic mass is 79.9. The van der Waals surface area contributed by atoms with Crippen molar-refractivity contribution in [2.75, 3.05) is 18.2 Å². The fourth-order valence-electron chi connectivity index (χ4n) is 2.04. The average Bonchev–Trinajstić information content (AvgIpc) is 2.48. The normalized spacial score (nSPS) is 14.6. The van der Waals surface area contributed by atoms with Crippen LogP contribution < -0.4 is 5.01 Å². The van der Waals surface area contributed by atoms with Crippen LogP contribution in [0.25, 0.3) is 0 Å². The second-order valence-electron chi connectivity index (χ2n) is 4.45. The average molecular weight is 353 g/mol. The zero-order valence-corrected chi connectivity index (χ0v) is 12.5. The Hall–Kier alpha value is -1.95. The minimum absolute atomic E-state index is 0.0419. The van der Waals surface area contributed by atoms with E-state index in [0.29, 0.717) is 13.2 Å². The Balaban J connectivity index is 1.98. The van der Waals surface area contributed by atoms with Crippen LogP contribution in [0.5, 0.6) is 0 Å². The molecule has 0 atom stereocenters. The summed E-state index contributed by atoms with van der Waals surface area (Å²) in [5.74, 6) is -1.42. The molecule has 0 saturated heterocycles. The smallest absolute Gasteiger partial charge is 0.244 e. The topological polar surface area (TPSA) is 24.8 Å². The first-order valence-corrected chi connectivity index (χ1v) is 7.13. The highest BCUT2D eigenvalue weighted by Crippen LogP contribution is 2.22. The molecule has 0 N–H and O–H groups in total. The van der Waals surface area contributed by atoms with Crippen LogP contribution in [0, 0.1) is 11.6 Å². The Bertz CT molecular complexity index is 668. The minimum atomic E-state index is -0.689. The summed E-state index contributed by atoms with van der Waals surface area (Å²) in [5.41, 5.74) is 0.593. The molecule has 108 valence electrons. The van der Waals surface area contributed by atoms with Gasteiger partial charge in [-0.15, -0.1) is 5.10 Å². The van der Waals surface area contributed by atoms with Crippen LogP contribution in [0.3, 0.4) is 0 Å². The SMILES string of the molecule is Fc1cccc(F)c1C1=NN(c2ccc(Br)cc2)CCO1. The van der Waals surface area contributed by atoms with E-state index in [2.05, 4.69) is 21.0 Å². The first-order valence-electron chi connectivity index (χ1n) is 6.34. The van der Waals surface area contributed by atoms with Gasteiger partial charge in [0.2, 0.25) is 5.90 Å². The molecule has 0 bridgehead atoms. The van der Waals surface area contributed by atoms with Crippen molar-refractivity contribution in [2.24, 2.45) is 5.10 Å². The van der Waals surface area contributed by atoms with Crippen LogP contribution in [0.1, 0.15) is 5.56 Å². The Morgan fingerprint density at radius 3 is 2.38 bits per heavy atom. The molecule has 0 spiro atoms. The van der Waals surface area contributed by atoms with Crippen molar-refractivity contribution in [1.82, 2.24) is 0 Å². The van der Waals surface area contributed by atoms with Crippen molar-refractivity contribution in [1.29, 1.82) is 0 Å². The molecule has 0 radical (unpaired) electrons. The Kier molecular flexibility index (Phi) is 3.88. The maximum Gasteiger partial charge on any atom is 0.244 e. The second-order valence-corrected chi connectivity index (χ2v) is 5.37. The van der Waals surface area contributed by atoms with Gasteiger partial charge >= 0.3 is 0 Å². The van der Waals surface area contributed by atoms with E-state index in [-0.39, 0.29) is 11.5 Å². The van der Waals surface area contributed by atoms with Gasteiger partial charge in [0.05, 0.1) is 12.2 Å². The predicted molar refractivity (Wildman–Crippen MR) is 80.3 cm³/mol. The van der Waals surface area contributed by atoms with E-state index in [1.807, 2.05) is 24.3 Å². The highest BCUT2D eigenvalue weighted by Gasteiger charge is 2.22. The van der Waals surface area contributed by atoms with Crippen molar-refractivity contribution in [3.05, 3.63) is 64.1 Å². The summed E-state index contributed by atoms with van der Waals surface area (Å²) in [4.78, 5) is 0. The third-order valence-electron chi connectivity index (χ3n) is 3.05. The molecule has 0 aromatic heterocycles. The zero-order valence-electron chi connectivity index (χ0n) is 10.9. The Morgan fingerprint density at radius 2 is 1.71 bits per heavy atom. The van der Waals surface area contributed by atoms with Crippen LogP contribution in [-0.4, -0.2) is 19.0 Å². The highest BCUT2D eigenvalue weighted by molar-refractivity contribution is 9.10.